The zero-order valence-electron chi connectivity index (χ0n) is 6.74. The van der Waals surface area contributed by atoms with E-state index in [2.05, 4.69) is 9.62 Å². The lowest BCUT2D eigenvalue weighted by atomic mass is 10.6. The number of esters is 1. The largest absolute Gasteiger partial charge is 0.462 e. The van der Waals surface area contributed by atoms with E-state index in [-0.39, 0.29) is 25.7 Å². The van der Waals surface area contributed by atoms with Gasteiger partial charge in [0.05, 0.1) is 6.54 Å². The zero-order valence-corrected chi connectivity index (χ0v) is 6.74. The molecule has 1 N–H and O–H groups in total. The molecular formula is C6H13NO4. The Labute approximate surface area is 65.4 Å². The molecular weight excluding hydrogens is 150 g/mol. The summed E-state index contributed by atoms with van der Waals surface area (Å²) in [4.78, 5) is 16.1. The molecule has 0 spiro atoms. The molecule has 0 atom stereocenters. The first-order valence-corrected chi connectivity index (χ1v) is 3.23. The van der Waals surface area contributed by atoms with Gasteiger partial charge in [-0.1, -0.05) is 0 Å². The minimum absolute atomic E-state index is 0.0131. The SMILES string of the molecule is CN(C)CC(=O)OCCOO. The smallest absolute Gasteiger partial charge is 0.320 e. The highest BCUT2D eigenvalue weighted by atomic mass is 17.1. The monoisotopic (exact) mass is 163 g/mol. The lowest BCUT2D eigenvalue weighted by Gasteiger charge is -2.08. The van der Waals surface area contributed by atoms with Crippen molar-refractivity contribution in [1.82, 2.24) is 4.90 Å². The van der Waals surface area contributed by atoms with Crippen LogP contribution in [0.25, 0.3) is 0 Å². The fourth-order valence-corrected chi connectivity index (χ4v) is 0.497. The highest BCUT2D eigenvalue weighted by Gasteiger charge is 2.02. The van der Waals surface area contributed by atoms with E-state index < -0.39 is 0 Å². The van der Waals surface area contributed by atoms with Crippen LogP contribution in [0.2, 0.25) is 0 Å². The van der Waals surface area contributed by atoms with Gasteiger partial charge < -0.3 is 4.74 Å². The first-order chi connectivity index (χ1) is 5.16. The number of rotatable bonds is 5. The first-order valence-electron chi connectivity index (χ1n) is 3.23. The van der Waals surface area contributed by atoms with Crippen molar-refractivity contribution in [3.8, 4) is 0 Å². The van der Waals surface area contributed by atoms with Crippen LogP contribution in [0, 0.1) is 0 Å². The van der Waals surface area contributed by atoms with Gasteiger partial charge in [-0.05, 0) is 14.1 Å². The molecule has 0 saturated heterocycles. The van der Waals surface area contributed by atoms with Crippen LogP contribution in [0.3, 0.4) is 0 Å². The Kier molecular flexibility index (Phi) is 5.73. The van der Waals surface area contributed by atoms with E-state index in [1.165, 1.54) is 0 Å². The van der Waals surface area contributed by atoms with Crippen LogP contribution in [0.1, 0.15) is 0 Å². The van der Waals surface area contributed by atoms with Crippen LogP contribution in [-0.4, -0.2) is 50.0 Å². The molecule has 5 heteroatoms. The average molecular weight is 163 g/mol. The molecule has 0 aliphatic rings. The van der Waals surface area contributed by atoms with E-state index in [4.69, 9.17) is 5.26 Å². The highest BCUT2D eigenvalue weighted by Crippen LogP contribution is 1.81. The standard InChI is InChI=1S/C6H13NO4/c1-7(2)5-6(8)10-3-4-11-9/h9H,3-5H2,1-2H3. The van der Waals surface area contributed by atoms with Gasteiger partial charge in [0.25, 0.3) is 0 Å². The summed E-state index contributed by atoms with van der Waals surface area (Å²) in [6, 6.07) is 0. The number of hydrogen-bond donors (Lipinski definition) is 1. The normalized spacial score (nSPS) is 10.2. The number of carbonyl (C=O) groups excluding carboxylic acids is 1. The van der Waals surface area contributed by atoms with Crippen LogP contribution < -0.4 is 0 Å². The Balaban J connectivity index is 3.23. The summed E-state index contributed by atoms with van der Waals surface area (Å²) in [6.07, 6.45) is 0. The van der Waals surface area contributed by atoms with Crippen molar-refractivity contribution in [1.29, 1.82) is 0 Å². The predicted molar refractivity (Wildman–Crippen MR) is 38.1 cm³/mol. The predicted octanol–water partition coefficient (Wildman–Crippen LogP) is -0.419. The summed E-state index contributed by atoms with van der Waals surface area (Å²) in [6.45, 7) is 0.341. The fraction of sp³-hybridized carbons (Fsp3) is 0.833. The van der Waals surface area contributed by atoms with Gasteiger partial charge in [0.2, 0.25) is 0 Å². The van der Waals surface area contributed by atoms with Crippen molar-refractivity contribution in [2.75, 3.05) is 33.9 Å². The molecule has 0 radical (unpaired) electrons. The molecule has 0 heterocycles. The third kappa shape index (κ3) is 7.24. The molecule has 0 aromatic carbocycles. The van der Waals surface area contributed by atoms with Gasteiger partial charge in [-0.15, -0.1) is 0 Å². The Bertz CT molecular complexity index is 115. The van der Waals surface area contributed by atoms with E-state index >= 15 is 0 Å². The summed E-state index contributed by atoms with van der Waals surface area (Å²) in [5.41, 5.74) is 0. The quantitative estimate of drug-likeness (QED) is 0.258. The summed E-state index contributed by atoms with van der Waals surface area (Å²) >= 11 is 0. The van der Waals surface area contributed by atoms with Crippen LogP contribution >= 0.6 is 0 Å². The third-order valence-electron chi connectivity index (χ3n) is 0.883. The number of hydrogen-bond acceptors (Lipinski definition) is 5. The maximum atomic E-state index is 10.7. The van der Waals surface area contributed by atoms with Gasteiger partial charge >= 0.3 is 5.97 Å². The van der Waals surface area contributed by atoms with E-state index in [0.29, 0.717) is 0 Å². The fourth-order valence-electron chi connectivity index (χ4n) is 0.497. The molecule has 0 unspecified atom stereocenters. The second kappa shape index (κ2) is 6.09. The van der Waals surface area contributed by atoms with Gasteiger partial charge in [0.15, 0.2) is 0 Å². The van der Waals surface area contributed by atoms with Crippen LogP contribution in [0.4, 0.5) is 0 Å². The number of nitrogens with zero attached hydrogens (tertiary/aromatic N) is 1. The van der Waals surface area contributed by atoms with E-state index in [1.807, 2.05) is 0 Å². The van der Waals surface area contributed by atoms with Crippen molar-refractivity contribution in [2.24, 2.45) is 0 Å². The van der Waals surface area contributed by atoms with Gasteiger partial charge in [-0.25, -0.2) is 4.89 Å². The maximum Gasteiger partial charge on any atom is 0.320 e. The molecule has 0 fully saturated rings. The van der Waals surface area contributed by atoms with Crippen molar-refractivity contribution in [3.63, 3.8) is 0 Å². The second-order valence-corrected chi connectivity index (χ2v) is 2.29. The highest BCUT2D eigenvalue weighted by molar-refractivity contribution is 5.71. The van der Waals surface area contributed by atoms with Crippen molar-refractivity contribution >= 4 is 5.97 Å². The molecule has 0 bridgehead atoms. The molecule has 5 nitrogen and oxygen atoms in total. The molecule has 0 aromatic heterocycles. The number of ether oxygens (including phenoxy) is 1. The topological polar surface area (TPSA) is 59.0 Å². The molecule has 0 aromatic rings. The molecule has 11 heavy (non-hydrogen) atoms. The summed E-state index contributed by atoms with van der Waals surface area (Å²) in [7, 11) is 3.54. The third-order valence-corrected chi connectivity index (χ3v) is 0.883. The lowest BCUT2D eigenvalue weighted by molar-refractivity contribution is -0.248. The lowest BCUT2D eigenvalue weighted by Crippen LogP contribution is -2.24. The zero-order chi connectivity index (χ0) is 8.69. The summed E-state index contributed by atoms with van der Waals surface area (Å²) in [5.74, 6) is -0.327. The van der Waals surface area contributed by atoms with E-state index in [1.54, 1.807) is 19.0 Å². The van der Waals surface area contributed by atoms with E-state index in [0.717, 1.165) is 0 Å². The molecule has 0 saturated carbocycles. The Morgan fingerprint density at radius 1 is 1.45 bits per heavy atom. The summed E-state index contributed by atoms with van der Waals surface area (Å²) < 4.78 is 4.63. The first kappa shape index (κ1) is 10.3. The Morgan fingerprint density at radius 3 is 2.55 bits per heavy atom. The van der Waals surface area contributed by atoms with Gasteiger partial charge in [0, 0.05) is 0 Å². The second-order valence-electron chi connectivity index (χ2n) is 2.29. The average Bonchev–Trinajstić information content (AvgIpc) is 1.86. The van der Waals surface area contributed by atoms with Gasteiger partial charge in [0.1, 0.15) is 13.2 Å². The number of carbonyl (C=O) groups is 1. The number of likely N-dealkylation sites (N-methyl/N-ethyl adjacent to an activating group) is 1. The Morgan fingerprint density at radius 2 is 2.09 bits per heavy atom. The van der Waals surface area contributed by atoms with Crippen molar-refractivity contribution in [3.05, 3.63) is 0 Å². The molecule has 0 rings (SSSR count). The van der Waals surface area contributed by atoms with Crippen LogP contribution in [-0.2, 0) is 14.4 Å². The molecule has 0 aliphatic carbocycles. The molecule has 0 amide bonds. The van der Waals surface area contributed by atoms with Gasteiger partial charge in [-0.3, -0.25) is 15.0 Å². The van der Waals surface area contributed by atoms with Crippen molar-refractivity contribution < 1.29 is 19.7 Å². The van der Waals surface area contributed by atoms with Gasteiger partial charge in [-0.2, -0.15) is 0 Å². The Hall–Kier alpha value is -0.650. The molecule has 66 valence electrons. The minimum Gasteiger partial charge on any atom is -0.462 e. The van der Waals surface area contributed by atoms with Crippen LogP contribution in [0.5, 0.6) is 0 Å². The maximum absolute atomic E-state index is 10.7. The van der Waals surface area contributed by atoms with Crippen molar-refractivity contribution in [2.45, 2.75) is 0 Å². The van der Waals surface area contributed by atoms with Crippen LogP contribution in [0.15, 0.2) is 0 Å². The minimum atomic E-state index is -0.327. The van der Waals surface area contributed by atoms with E-state index in [9.17, 15) is 4.79 Å². The molecule has 0 aliphatic heterocycles. The summed E-state index contributed by atoms with van der Waals surface area (Å²) in [5, 5.41) is 7.86.